The quantitative estimate of drug-likeness (QED) is 0.876. The Morgan fingerprint density at radius 3 is 2.36 bits per heavy atom. The number of aromatic nitrogens is 1. The normalized spacial score (nSPS) is 16.5. The van der Waals surface area contributed by atoms with E-state index in [9.17, 15) is 9.59 Å². The van der Waals surface area contributed by atoms with E-state index in [1.807, 2.05) is 0 Å². The molecule has 1 saturated heterocycles. The molecule has 1 aliphatic heterocycles. The summed E-state index contributed by atoms with van der Waals surface area (Å²) in [5.41, 5.74) is 6.57. The van der Waals surface area contributed by atoms with E-state index in [1.54, 1.807) is 34.3 Å². The van der Waals surface area contributed by atoms with Crippen LogP contribution in [-0.2, 0) is 4.79 Å². The van der Waals surface area contributed by atoms with Gasteiger partial charge in [-0.05, 0) is 18.6 Å². The topological polar surface area (TPSA) is 79.5 Å². The zero-order chi connectivity index (χ0) is 15.9. The van der Waals surface area contributed by atoms with Crippen LogP contribution in [0.2, 0.25) is 0 Å². The Hall–Kier alpha value is -1.95. The van der Waals surface area contributed by atoms with E-state index in [4.69, 9.17) is 5.73 Å². The maximum absolute atomic E-state index is 12.3. The lowest BCUT2D eigenvalue weighted by molar-refractivity contribution is -0.134. The smallest absolute Gasteiger partial charge is 0.254 e. The third kappa shape index (κ3) is 4.04. The van der Waals surface area contributed by atoms with Gasteiger partial charge in [-0.3, -0.25) is 14.6 Å². The highest BCUT2D eigenvalue weighted by atomic mass is 16.2. The van der Waals surface area contributed by atoms with Crippen molar-refractivity contribution in [2.24, 2.45) is 5.73 Å². The van der Waals surface area contributed by atoms with E-state index in [2.05, 4.69) is 11.9 Å². The van der Waals surface area contributed by atoms with Crippen LogP contribution in [0, 0.1) is 0 Å². The van der Waals surface area contributed by atoms with Gasteiger partial charge in [-0.1, -0.05) is 19.8 Å². The molecule has 2 heterocycles. The van der Waals surface area contributed by atoms with Crippen LogP contribution >= 0.6 is 0 Å². The number of nitrogens with two attached hydrogens (primary N) is 1. The molecule has 0 saturated carbocycles. The first-order chi connectivity index (χ1) is 10.6. The summed E-state index contributed by atoms with van der Waals surface area (Å²) in [5, 5.41) is 0. The van der Waals surface area contributed by atoms with Gasteiger partial charge in [-0.2, -0.15) is 0 Å². The molecule has 0 bridgehead atoms. The number of carbonyl (C=O) groups is 2. The molecule has 1 atom stereocenters. The largest absolute Gasteiger partial charge is 0.338 e. The van der Waals surface area contributed by atoms with Gasteiger partial charge in [-0.15, -0.1) is 0 Å². The fourth-order valence-electron chi connectivity index (χ4n) is 2.59. The number of amides is 2. The Morgan fingerprint density at radius 1 is 1.18 bits per heavy atom. The summed E-state index contributed by atoms with van der Waals surface area (Å²) in [6, 6.07) is 3.00. The monoisotopic (exact) mass is 304 g/mol. The van der Waals surface area contributed by atoms with E-state index in [0.717, 1.165) is 19.3 Å². The number of nitrogens with zero attached hydrogens (tertiary/aromatic N) is 3. The van der Waals surface area contributed by atoms with Crippen molar-refractivity contribution < 1.29 is 9.59 Å². The van der Waals surface area contributed by atoms with Crippen LogP contribution in [0.25, 0.3) is 0 Å². The second kappa shape index (κ2) is 7.89. The Labute approximate surface area is 131 Å². The van der Waals surface area contributed by atoms with Crippen LogP contribution in [0.15, 0.2) is 24.5 Å². The lowest BCUT2D eigenvalue weighted by Gasteiger charge is -2.36. The van der Waals surface area contributed by atoms with Crippen LogP contribution in [0.4, 0.5) is 0 Å². The zero-order valence-corrected chi connectivity index (χ0v) is 13.1. The van der Waals surface area contributed by atoms with Gasteiger partial charge in [0.25, 0.3) is 5.91 Å². The molecule has 120 valence electrons. The minimum absolute atomic E-state index is 0.00413. The first kappa shape index (κ1) is 16.4. The number of pyridine rings is 1. The fourth-order valence-corrected chi connectivity index (χ4v) is 2.59. The summed E-state index contributed by atoms with van der Waals surface area (Å²) in [6.07, 6.45) is 5.95. The van der Waals surface area contributed by atoms with Crippen molar-refractivity contribution in [2.75, 3.05) is 26.2 Å². The van der Waals surface area contributed by atoms with Crippen LogP contribution in [0.3, 0.4) is 0 Å². The third-order valence-corrected chi connectivity index (χ3v) is 3.99. The first-order valence-corrected chi connectivity index (χ1v) is 7.87. The van der Waals surface area contributed by atoms with Crippen LogP contribution in [-0.4, -0.2) is 58.8 Å². The second-order valence-electron chi connectivity index (χ2n) is 5.60. The molecular weight excluding hydrogens is 280 g/mol. The zero-order valence-electron chi connectivity index (χ0n) is 13.1. The number of carbonyl (C=O) groups excluding carboxylic acids is 2. The van der Waals surface area contributed by atoms with E-state index in [-0.39, 0.29) is 11.8 Å². The molecule has 6 heteroatoms. The highest BCUT2D eigenvalue weighted by Gasteiger charge is 2.27. The van der Waals surface area contributed by atoms with Crippen molar-refractivity contribution in [1.29, 1.82) is 0 Å². The van der Waals surface area contributed by atoms with Gasteiger partial charge in [0, 0.05) is 44.1 Å². The molecule has 1 aromatic heterocycles. The number of piperazine rings is 1. The summed E-state index contributed by atoms with van der Waals surface area (Å²) in [7, 11) is 0. The van der Waals surface area contributed by atoms with Gasteiger partial charge in [0.15, 0.2) is 0 Å². The molecule has 2 rings (SSSR count). The van der Waals surface area contributed by atoms with Gasteiger partial charge in [0.2, 0.25) is 5.91 Å². The number of hydrogen-bond donors (Lipinski definition) is 1. The van der Waals surface area contributed by atoms with Crippen LogP contribution < -0.4 is 5.73 Å². The van der Waals surface area contributed by atoms with Gasteiger partial charge in [0.05, 0.1) is 6.04 Å². The molecule has 2 N–H and O–H groups in total. The Bertz CT molecular complexity index is 498. The van der Waals surface area contributed by atoms with E-state index in [0.29, 0.717) is 31.7 Å². The molecule has 1 fully saturated rings. The fraction of sp³-hybridized carbons (Fsp3) is 0.562. The van der Waals surface area contributed by atoms with Crippen molar-refractivity contribution in [3.63, 3.8) is 0 Å². The van der Waals surface area contributed by atoms with Crippen molar-refractivity contribution in [3.05, 3.63) is 30.1 Å². The van der Waals surface area contributed by atoms with Crippen molar-refractivity contribution in [2.45, 2.75) is 32.2 Å². The van der Waals surface area contributed by atoms with E-state index < -0.39 is 6.04 Å². The lowest BCUT2D eigenvalue weighted by Crippen LogP contribution is -2.54. The average Bonchev–Trinajstić information content (AvgIpc) is 2.59. The Balaban J connectivity index is 1.85. The van der Waals surface area contributed by atoms with Crippen molar-refractivity contribution in [1.82, 2.24) is 14.8 Å². The first-order valence-electron chi connectivity index (χ1n) is 7.87. The minimum atomic E-state index is -0.414. The van der Waals surface area contributed by atoms with Gasteiger partial charge < -0.3 is 15.5 Å². The van der Waals surface area contributed by atoms with Gasteiger partial charge >= 0.3 is 0 Å². The molecule has 0 radical (unpaired) electrons. The lowest BCUT2D eigenvalue weighted by atomic mass is 10.1. The predicted molar refractivity (Wildman–Crippen MR) is 84.2 cm³/mol. The number of hydrogen-bond acceptors (Lipinski definition) is 4. The number of rotatable bonds is 5. The molecule has 22 heavy (non-hydrogen) atoms. The maximum Gasteiger partial charge on any atom is 0.254 e. The maximum atomic E-state index is 12.3. The highest BCUT2D eigenvalue weighted by molar-refractivity contribution is 5.94. The van der Waals surface area contributed by atoms with Crippen molar-refractivity contribution >= 4 is 11.8 Å². The SMILES string of the molecule is CCCC[C@H](N)C(=O)N1CCN(C(=O)c2ccncc2)CC1. The Kier molecular flexibility index (Phi) is 5.89. The van der Waals surface area contributed by atoms with Crippen LogP contribution in [0.5, 0.6) is 0 Å². The summed E-state index contributed by atoms with van der Waals surface area (Å²) < 4.78 is 0. The molecule has 0 aromatic carbocycles. The molecule has 1 aliphatic rings. The van der Waals surface area contributed by atoms with Crippen LogP contribution in [0.1, 0.15) is 36.5 Å². The molecule has 1 aromatic rings. The average molecular weight is 304 g/mol. The summed E-state index contributed by atoms with van der Waals surface area (Å²) in [5.74, 6) is -0.00533. The number of unbranched alkanes of at least 4 members (excludes halogenated alkanes) is 1. The summed E-state index contributed by atoms with van der Waals surface area (Å²) in [4.78, 5) is 32.0. The molecule has 6 nitrogen and oxygen atoms in total. The Morgan fingerprint density at radius 2 is 1.77 bits per heavy atom. The standard InChI is InChI=1S/C16H24N4O2/c1-2-3-4-14(17)16(22)20-11-9-19(10-12-20)15(21)13-5-7-18-8-6-13/h5-8,14H,2-4,9-12,17H2,1H3/t14-/m0/s1. The molecular formula is C16H24N4O2. The molecule has 0 unspecified atom stereocenters. The van der Waals surface area contributed by atoms with Gasteiger partial charge in [0.1, 0.15) is 0 Å². The summed E-state index contributed by atoms with van der Waals surface area (Å²) >= 11 is 0. The second-order valence-corrected chi connectivity index (χ2v) is 5.60. The van der Waals surface area contributed by atoms with E-state index >= 15 is 0 Å². The third-order valence-electron chi connectivity index (χ3n) is 3.99. The van der Waals surface area contributed by atoms with Gasteiger partial charge in [-0.25, -0.2) is 0 Å². The summed E-state index contributed by atoms with van der Waals surface area (Å²) in [6.45, 7) is 4.28. The minimum Gasteiger partial charge on any atom is -0.338 e. The van der Waals surface area contributed by atoms with E-state index in [1.165, 1.54) is 0 Å². The highest BCUT2D eigenvalue weighted by Crippen LogP contribution is 2.10. The van der Waals surface area contributed by atoms with Crippen molar-refractivity contribution in [3.8, 4) is 0 Å². The molecule has 2 amide bonds. The molecule has 0 spiro atoms. The molecule has 0 aliphatic carbocycles. The predicted octanol–water partition coefficient (Wildman–Crippen LogP) is 0.883.